The molecule has 0 bridgehead atoms. The molecule has 0 aliphatic rings. The average molecular weight is 267 g/mol. The normalized spacial score (nSPS) is 12.9. The zero-order valence-electron chi connectivity index (χ0n) is 10.3. The van der Waals surface area contributed by atoms with E-state index in [1.54, 1.807) is 24.3 Å². The van der Waals surface area contributed by atoms with Gasteiger partial charge in [0.2, 0.25) is 5.91 Å². The van der Waals surface area contributed by atoms with Crippen LogP contribution in [0.5, 0.6) is 0 Å². The molecule has 0 radical (unpaired) electrons. The standard InChI is InChI=1S/C13H15ClN2O2/c1-8(2)16-7-11(13(15)18)12(17)9-3-5-10(14)6-4-9/h3-8,11H,1-2H3,(H2,15,18). The molecule has 1 aromatic carbocycles. The van der Waals surface area contributed by atoms with E-state index in [2.05, 4.69) is 4.99 Å². The number of hydrogen-bond acceptors (Lipinski definition) is 3. The molecule has 0 saturated heterocycles. The second-order valence-electron chi connectivity index (χ2n) is 4.14. The molecular formula is C13H15ClN2O2. The van der Waals surface area contributed by atoms with Crippen molar-refractivity contribution in [3.63, 3.8) is 0 Å². The summed E-state index contributed by atoms with van der Waals surface area (Å²) in [6.07, 6.45) is 1.31. The van der Waals surface area contributed by atoms with Crippen molar-refractivity contribution in [2.24, 2.45) is 16.6 Å². The molecule has 5 heteroatoms. The van der Waals surface area contributed by atoms with E-state index in [9.17, 15) is 9.59 Å². The summed E-state index contributed by atoms with van der Waals surface area (Å²) in [5.74, 6) is -2.11. The van der Waals surface area contributed by atoms with Crippen molar-refractivity contribution in [1.82, 2.24) is 0 Å². The van der Waals surface area contributed by atoms with Gasteiger partial charge in [-0.2, -0.15) is 0 Å². The van der Waals surface area contributed by atoms with Crippen LogP contribution in [0.2, 0.25) is 5.02 Å². The SMILES string of the molecule is CC(C)N=CC(C(N)=O)C(=O)c1ccc(Cl)cc1. The lowest BCUT2D eigenvalue weighted by Crippen LogP contribution is -2.32. The summed E-state index contributed by atoms with van der Waals surface area (Å²) in [6, 6.07) is 6.30. The number of rotatable bonds is 5. The van der Waals surface area contributed by atoms with E-state index >= 15 is 0 Å². The van der Waals surface area contributed by atoms with Crippen LogP contribution in [0.15, 0.2) is 29.3 Å². The molecule has 1 rings (SSSR count). The summed E-state index contributed by atoms with van der Waals surface area (Å²) in [5.41, 5.74) is 5.60. The van der Waals surface area contributed by atoms with Crippen LogP contribution in [-0.4, -0.2) is 23.9 Å². The molecule has 0 aliphatic heterocycles. The summed E-state index contributed by atoms with van der Waals surface area (Å²) < 4.78 is 0. The Hall–Kier alpha value is -1.68. The Labute approximate surface area is 111 Å². The lowest BCUT2D eigenvalue weighted by molar-refractivity contribution is -0.118. The Morgan fingerprint density at radius 2 is 1.83 bits per heavy atom. The summed E-state index contributed by atoms with van der Waals surface area (Å²) >= 11 is 5.73. The zero-order chi connectivity index (χ0) is 13.7. The smallest absolute Gasteiger partial charge is 0.233 e. The predicted octanol–water partition coefficient (Wildman–Crippen LogP) is 2.10. The highest BCUT2D eigenvalue weighted by Crippen LogP contribution is 2.13. The average Bonchev–Trinajstić information content (AvgIpc) is 2.29. The van der Waals surface area contributed by atoms with Gasteiger partial charge in [0.15, 0.2) is 5.78 Å². The Morgan fingerprint density at radius 3 is 2.28 bits per heavy atom. The highest BCUT2D eigenvalue weighted by Gasteiger charge is 2.23. The highest BCUT2D eigenvalue weighted by atomic mass is 35.5. The number of carbonyl (C=O) groups is 2. The van der Waals surface area contributed by atoms with E-state index in [1.165, 1.54) is 6.21 Å². The molecule has 96 valence electrons. The topological polar surface area (TPSA) is 72.5 Å². The zero-order valence-corrected chi connectivity index (χ0v) is 11.0. The van der Waals surface area contributed by atoms with E-state index in [4.69, 9.17) is 17.3 Å². The molecule has 18 heavy (non-hydrogen) atoms. The third-order valence-electron chi connectivity index (χ3n) is 2.25. The number of aliphatic imine (C=N–C) groups is 1. The van der Waals surface area contributed by atoms with Gasteiger partial charge in [-0.15, -0.1) is 0 Å². The number of ketones is 1. The van der Waals surface area contributed by atoms with Gasteiger partial charge in [0, 0.05) is 22.8 Å². The molecule has 0 saturated carbocycles. The van der Waals surface area contributed by atoms with E-state index in [-0.39, 0.29) is 11.8 Å². The third-order valence-corrected chi connectivity index (χ3v) is 2.50. The van der Waals surface area contributed by atoms with Gasteiger partial charge in [0.1, 0.15) is 5.92 Å². The second-order valence-corrected chi connectivity index (χ2v) is 4.58. The van der Waals surface area contributed by atoms with Gasteiger partial charge in [-0.3, -0.25) is 14.6 Å². The van der Waals surface area contributed by atoms with Crippen LogP contribution < -0.4 is 5.73 Å². The number of carbonyl (C=O) groups excluding carboxylic acids is 2. The quantitative estimate of drug-likeness (QED) is 0.504. The van der Waals surface area contributed by atoms with Gasteiger partial charge in [0.05, 0.1) is 0 Å². The predicted molar refractivity (Wildman–Crippen MR) is 72.1 cm³/mol. The molecule has 1 atom stereocenters. The van der Waals surface area contributed by atoms with Gasteiger partial charge >= 0.3 is 0 Å². The molecule has 1 amide bonds. The molecule has 2 N–H and O–H groups in total. The number of Topliss-reactive ketones (excluding diaryl/α,β-unsaturated/α-hetero) is 1. The minimum absolute atomic E-state index is 0.00451. The molecule has 1 unspecified atom stereocenters. The fourth-order valence-electron chi connectivity index (χ4n) is 1.32. The molecular weight excluding hydrogens is 252 g/mol. The maximum Gasteiger partial charge on any atom is 0.233 e. The molecule has 1 aromatic rings. The van der Waals surface area contributed by atoms with Crippen molar-refractivity contribution in [1.29, 1.82) is 0 Å². The van der Waals surface area contributed by atoms with Crippen LogP contribution in [0.3, 0.4) is 0 Å². The number of amides is 1. The number of halogens is 1. The summed E-state index contributed by atoms with van der Waals surface area (Å²) in [7, 11) is 0. The minimum Gasteiger partial charge on any atom is -0.369 e. The highest BCUT2D eigenvalue weighted by molar-refractivity contribution is 6.30. The Balaban J connectivity index is 2.96. The lowest BCUT2D eigenvalue weighted by atomic mass is 9.98. The fourth-order valence-corrected chi connectivity index (χ4v) is 1.45. The van der Waals surface area contributed by atoms with Crippen LogP contribution in [0.25, 0.3) is 0 Å². The van der Waals surface area contributed by atoms with Crippen molar-refractivity contribution in [2.45, 2.75) is 19.9 Å². The molecule has 0 heterocycles. The molecule has 4 nitrogen and oxygen atoms in total. The summed E-state index contributed by atoms with van der Waals surface area (Å²) in [6.45, 7) is 3.70. The number of nitrogens with two attached hydrogens (primary N) is 1. The maximum atomic E-state index is 12.1. The first kappa shape index (κ1) is 14.4. The van der Waals surface area contributed by atoms with Crippen molar-refractivity contribution >= 4 is 29.5 Å². The number of primary amides is 1. The number of benzene rings is 1. The van der Waals surface area contributed by atoms with E-state index in [0.717, 1.165) is 0 Å². The van der Waals surface area contributed by atoms with Crippen molar-refractivity contribution < 1.29 is 9.59 Å². The van der Waals surface area contributed by atoms with Crippen LogP contribution >= 0.6 is 11.6 Å². The summed E-state index contributed by atoms with van der Waals surface area (Å²) in [4.78, 5) is 27.4. The van der Waals surface area contributed by atoms with Gasteiger partial charge in [-0.25, -0.2) is 0 Å². The maximum absolute atomic E-state index is 12.1. The molecule has 0 spiro atoms. The molecule has 0 aromatic heterocycles. The van der Waals surface area contributed by atoms with E-state index in [0.29, 0.717) is 10.6 Å². The van der Waals surface area contributed by atoms with Crippen LogP contribution in [0, 0.1) is 5.92 Å². The Bertz CT molecular complexity index is 466. The first-order chi connectivity index (χ1) is 8.41. The first-order valence-electron chi connectivity index (χ1n) is 5.54. The third kappa shape index (κ3) is 3.96. The van der Waals surface area contributed by atoms with Gasteiger partial charge < -0.3 is 5.73 Å². The largest absolute Gasteiger partial charge is 0.369 e. The Kier molecular flexibility index (Phi) is 5.04. The summed E-state index contributed by atoms with van der Waals surface area (Å²) in [5, 5.41) is 0.526. The number of nitrogens with zero attached hydrogens (tertiary/aromatic N) is 1. The molecule has 0 aliphatic carbocycles. The monoisotopic (exact) mass is 266 g/mol. The number of hydrogen-bond donors (Lipinski definition) is 1. The van der Waals surface area contributed by atoms with Gasteiger partial charge in [-0.1, -0.05) is 11.6 Å². The van der Waals surface area contributed by atoms with Crippen LogP contribution in [0.4, 0.5) is 0 Å². The molecule has 0 fully saturated rings. The van der Waals surface area contributed by atoms with E-state index in [1.807, 2.05) is 13.8 Å². The van der Waals surface area contributed by atoms with Crippen molar-refractivity contribution in [2.75, 3.05) is 0 Å². The van der Waals surface area contributed by atoms with Crippen molar-refractivity contribution in [3.05, 3.63) is 34.9 Å². The van der Waals surface area contributed by atoms with Crippen molar-refractivity contribution in [3.8, 4) is 0 Å². The Morgan fingerprint density at radius 1 is 1.28 bits per heavy atom. The first-order valence-corrected chi connectivity index (χ1v) is 5.92. The second kappa shape index (κ2) is 6.31. The van der Waals surface area contributed by atoms with Gasteiger partial charge in [-0.05, 0) is 38.1 Å². The lowest BCUT2D eigenvalue weighted by Gasteiger charge is -2.08. The van der Waals surface area contributed by atoms with Gasteiger partial charge in [0.25, 0.3) is 0 Å². The minimum atomic E-state index is -1.03. The van der Waals surface area contributed by atoms with Crippen LogP contribution in [-0.2, 0) is 4.79 Å². The fraction of sp³-hybridized carbons (Fsp3) is 0.308. The van der Waals surface area contributed by atoms with E-state index < -0.39 is 11.8 Å². The van der Waals surface area contributed by atoms with Crippen LogP contribution in [0.1, 0.15) is 24.2 Å².